The van der Waals surface area contributed by atoms with E-state index in [4.69, 9.17) is 0 Å². The summed E-state index contributed by atoms with van der Waals surface area (Å²) in [5.41, 5.74) is 0. The van der Waals surface area contributed by atoms with E-state index in [2.05, 4.69) is 21.9 Å². The molecule has 0 radical (unpaired) electrons. The summed E-state index contributed by atoms with van der Waals surface area (Å²) < 4.78 is 31.0. The monoisotopic (exact) mass is 220 g/mol. The number of carbonyl (C=O) groups is 1. The van der Waals surface area contributed by atoms with Crippen LogP contribution in [0.3, 0.4) is 0 Å². The van der Waals surface area contributed by atoms with Crippen molar-refractivity contribution < 1.29 is 18.3 Å². The lowest BCUT2D eigenvalue weighted by Crippen LogP contribution is -2.57. The number of ether oxygens (including phenoxy) is 1. The molecule has 1 unspecified atom stereocenters. The van der Waals surface area contributed by atoms with E-state index in [0.29, 0.717) is 0 Å². The lowest BCUT2D eigenvalue weighted by molar-refractivity contribution is -0.0555. The maximum absolute atomic E-state index is 13.2. The van der Waals surface area contributed by atoms with Gasteiger partial charge < -0.3 is 15.4 Å². The van der Waals surface area contributed by atoms with E-state index in [1.54, 1.807) is 0 Å². The Labute approximate surface area is 86.7 Å². The zero-order chi connectivity index (χ0) is 11.3. The smallest absolute Gasteiger partial charge is 0.407 e. The van der Waals surface area contributed by atoms with Crippen LogP contribution in [-0.2, 0) is 4.74 Å². The number of nitrogens with one attached hydrogen (secondary N) is 2. The Morgan fingerprint density at radius 2 is 2.47 bits per heavy atom. The van der Waals surface area contributed by atoms with Gasteiger partial charge in [-0.1, -0.05) is 12.7 Å². The molecule has 86 valence electrons. The fraction of sp³-hybridized carbons (Fsp3) is 0.667. The van der Waals surface area contributed by atoms with Crippen molar-refractivity contribution in [2.45, 2.75) is 18.4 Å². The van der Waals surface area contributed by atoms with Crippen molar-refractivity contribution in [3.63, 3.8) is 0 Å². The lowest BCUT2D eigenvalue weighted by Gasteiger charge is -2.31. The van der Waals surface area contributed by atoms with Crippen molar-refractivity contribution in [1.82, 2.24) is 10.6 Å². The second kappa shape index (κ2) is 5.06. The minimum atomic E-state index is -2.88. The first-order chi connectivity index (χ1) is 7.06. The highest BCUT2D eigenvalue weighted by Gasteiger charge is 2.42. The second-order valence-electron chi connectivity index (χ2n) is 3.30. The lowest BCUT2D eigenvalue weighted by atomic mass is 10.0. The molecule has 0 aliphatic carbocycles. The Hall–Kier alpha value is -1.17. The highest BCUT2D eigenvalue weighted by molar-refractivity contribution is 5.67. The van der Waals surface area contributed by atoms with Gasteiger partial charge in [-0.3, -0.25) is 0 Å². The zero-order valence-corrected chi connectivity index (χ0v) is 8.26. The molecule has 0 bridgehead atoms. The number of piperidine rings is 1. The van der Waals surface area contributed by atoms with E-state index in [1.807, 2.05) is 0 Å². The average Bonchev–Trinajstić information content (AvgIpc) is 2.18. The molecule has 0 aromatic heterocycles. The van der Waals surface area contributed by atoms with Crippen LogP contribution in [0.2, 0.25) is 0 Å². The van der Waals surface area contributed by atoms with Crippen LogP contribution in [0.25, 0.3) is 0 Å². The Kier molecular flexibility index (Phi) is 4.02. The van der Waals surface area contributed by atoms with Gasteiger partial charge in [-0.25, -0.2) is 13.6 Å². The Bertz CT molecular complexity index is 246. The minimum Gasteiger partial charge on any atom is -0.445 e. The van der Waals surface area contributed by atoms with E-state index in [1.165, 1.54) is 6.08 Å². The average molecular weight is 220 g/mol. The molecule has 0 saturated carbocycles. The van der Waals surface area contributed by atoms with Crippen molar-refractivity contribution in [3.05, 3.63) is 12.7 Å². The molecule has 0 aromatic rings. The van der Waals surface area contributed by atoms with Gasteiger partial charge in [0.1, 0.15) is 12.6 Å². The standard InChI is InChI=1S/C9H14F2N2O2/c1-2-5-15-8(14)13-7-6-12-4-3-9(7,10)11/h2,7,12H,1,3-6H2,(H,13,14). The number of carbonyl (C=O) groups excluding carboxylic acids is 1. The van der Waals surface area contributed by atoms with Crippen molar-refractivity contribution in [2.75, 3.05) is 19.7 Å². The number of alkyl carbamates (subject to hydrolysis) is 1. The van der Waals surface area contributed by atoms with E-state index in [-0.39, 0.29) is 26.1 Å². The van der Waals surface area contributed by atoms with E-state index >= 15 is 0 Å². The molecule has 15 heavy (non-hydrogen) atoms. The summed E-state index contributed by atoms with van der Waals surface area (Å²) in [6.45, 7) is 3.66. The molecule has 1 rings (SSSR count). The quantitative estimate of drug-likeness (QED) is 0.695. The van der Waals surface area contributed by atoms with Gasteiger partial charge in [-0.15, -0.1) is 0 Å². The third-order valence-corrected chi connectivity index (χ3v) is 2.12. The van der Waals surface area contributed by atoms with Gasteiger partial charge in [0.15, 0.2) is 0 Å². The SMILES string of the molecule is C=CCOC(=O)NC1CNCCC1(F)F. The molecule has 6 heteroatoms. The summed E-state index contributed by atoms with van der Waals surface area (Å²) in [4.78, 5) is 11.0. The van der Waals surface area contributed by atoms with Gasteiger partial charge >= 0.3 is 6.09 Å². The Morgan fingerprint density at radius 3 is 3.07 bits per heavy atom. The topological polar surface area (TPSA) is 50.4 Å². The number of hydrogen-bond acceptors (Lipinski definition) is 3. The molecule has 0 spiro atoms. The summed E-state index contributed by atoms with van der Waals surface area (Å²) in [5, 5.41) is 4.90. The van der Waals surface area contributed by atoms with E-state index in [0.717, 1.165) is 0 Å². The molecule has 1 fully saturated rings. The van der Waals surface area contributed by atoms with Crippen molar-refractivity contribution in [3.8, 4) is 0 Å². The zero-order valence-electron chi connectivity index (χ0n) is 8.26. The van der Waals surface area contributed by atoms with Crippen LogP contribution < -0.4 is 10.6 Å². The van der Waals surface area contributed by atoms with Gasteiger partial charge in [0, 0.05) is 19.5 Å². The maximum atomic E-state index is 13.2. The first-order valence-corrected chi connectivity index (χ1v) is 4.69. The van der Waals surface area contributed by atoms with Crippen molar-refractivity contribution in [1.29, 1.82) is 0 Å². The molecule has 4 nitrogen and oxygen atoms in total. The van der Waals surface area contributed by atoms with Gasteiger partial charge in [0.25, 0.3) is 5.92 Å². The van der Waals surface area contributed by atoms with Crippen LogP contribution >= 0.6 is 0 Å². The third kappa shape index (κ3) is 3.47. The minimum absolute atomic E-state index is 0.0115. The molecule has 1 aliphatic rings. The predicted molar refractivity (Wildman–Crippen MR) is 50.9 cm³/mol. The highest BCUT2D eigenvalue weighted by atomic mass is 19.3. The summed E-state index contributed by atoms with van der Waals surface area (Å²) in [6, 6.07) is -1.21. The van der Waals surface area contributed by atoms with Gasteiger partial charge in [0.05, 0.1) is 0 Å². The summed E-state index contributed by atoms with van der Waals surface area (Å²) in [5.74, 6) is -2.88. The number of amides is 1. The van der Waals surface area contributed by atoms with Crippen molar-refractivity contribution in [2.24, 2.45) is 0 Å². The predicted octanol–water partition coefficient (Wildman–Crippen LogP) is 0.896. The molecule has 1 saturated heterocycles. The molecule has 2 N–H and O–H groups in total. The molecule has 1 aliphatic heterocycles. The number of alkyl halides is 2. The Morgan fingerprint density at radius 1 is 1.73 bits per heavy atom. The first kappa shape index (κ1) is 11.9. The van der Waals surface area contributed by atoms with Gasteiger partial charge in [0.2, 0.25) is 0 Å². The third-order valence-electron chi connectivity index (χ3n) is 2.12. The number of hydrogen-bond donors (Lipinski definition) is 2. The molecule has 1 amide bonds. The number of halogens is 2. The normalized spacial score (nSPS) is 24.3. The summed E-state index contributed by atoms with van der Waals surface area (Å²) >= 11 is 0. The number of rotatable bonds is 3. The molecule has 0 aromatic carbocycles. The van der Waals surface area contributed by atoms with Crippen molar-refractivity contribution >= 4 is 6.09 Å². The first-order valence-electron chi connectivity index (χ1n) is 4.69. The molecule has 1 heterocycles. The fourth-order valence-electron chi connectivity index (χ4n) is 1.30. The van der Waals surface area contributed by atoms with Crippen LogP contribution in [0.4, 0.5) is 13.6 Å². The summed E-state index contributed by atoms with van der Waals surface area (Å²) in [7, 11) is 0. The van der Waals surface area contributed by atoms with Crippen LogP contribution in [0, 0.1) is 0 Å². The summed E-state index contributed by atoms with van der Waals surface area (Å²) in [6.07, 6.45) is 0.249. The van der Waals surface area contributed by atoms with E-state index < -0.39 is 18.1 Å². The van der Waals surface area contributed by atoms with Crippen LogP contribution in [0.1, 0.15) is 6.42 Å². The van der Waals surface area contributed by atoms with Gasteiger partial charge in [-0.2, -0.15) is 0 Å². The molecular weight excluding hydrogens is 206 g/mol. The highest BCUT2D eigenvalue weighted by Crippen LogP contribution is 2.24. The second-order valence-corrected chi connectivity index (χ2v) is 3.30. The maximum Gasteiger partial charge on any atom is 0.407 e. The fourth-order valence-corrected chi connectivity index (χ4v) is 1.30. The molecular formula is C9H14F2N2O2. The largest absolute Gasteiger partial charge is 0.445 e. The van der Waals surface area contributed by atoms with Crippen LogP contribution in [-0.4, -0.2) is 37.8 Å². The van der Waals surface area contributed by atoms with Gasteiger partial charge in [-0.05, 0) is 0 Å². The Balaban J connectivity index is 2.41. The molecule has 1 atom stereocenters. The van der Waals surface area contributed by atoms with E-state index in [9.17, 15) is 13.6 Å². The van der Waals surface area contributed by atoms with Crippen LogP contribution in [0.5, 0.6) is 0 Å². The van der Waals surface area contributed by atoms with Crippen LogP contribution in [0.15, 0.2) is 12.7 Å².